The lowest BCUT2D eigenvalue weighted by Crippen LogP contribution is -2.12. The standard InChI is InChI=1S/C12H15N3O/c13-6-12-5-10(1-3-15-12)7-14-8-11-2-4-16-9-11/h1-5,9,14H,6-8,13H2. The summed E-state index contributed by atoms with van der Waals surface area (Å²) < 4.78 is 4.99. The van der Waals surface area contributed by atoms with E-state index in [2.05, 4.69) is 10.3 Å². The molecule has 4 heteroatoms. The summed E-state index contributed by atoms with van der Waals surface area (Å²) in [4.78, 5) is 4.15. The van der Waals surface area contributed by atoms with Crippen molar-refractivity contribution in [2.45, 2.75) is 19.6 Å². The molecular weight excluding hydrogens is 202 g/mol. The van der Waals surface area contributed by atoms with Gasteiger partial charge in [0.05, 0.1) is 18.2 Å². The van der Waals surface area contributed by atoms with E-state index in [4.69, 9.17) is 10.2 Å². The van der Waals surface area contributed by atoms with Crippen LogP contribution in [0, 0.1) is 0 Å². The van der Waals surface area contributed by atoms with Crippen molar-refractivity contribution >= 4 is 0 Å². The van der Waals surface area contributed by atoms with Gasteiger partial charge in [-0.2, -0.15) is 0 Å². The maximum absolute atomic E-state index is 5.53. The average molecular weight is 217 g/mol. The van der Waals surface area contributed by atoms with Gasteiger partial charge in [-0.3, -0.25) is 4.98 Å². The minimum atomic E-state index is 0.482. The Morgan fingerprint density at radius 1 is 1.25 bits per heavy atom. The molecule has 2 rings (SSSR count). The van der Waals surface area contributed by atoms with Crippen molar-refractivity contribution < 1.29 is 4.42 Å². The largest absolute Gasteiger partial charge is 0.472 e. The molecule has 0 fully saturated rings. The van der Waals surface area contributed by atoms with Crippen LogP contribution >= 0.6 is 0 Å². The Balaban J connectivity index is 1.85. The Bertz CT molecular complexity index is 426. The lowest BCUT2D eigenvalue weighted by Gasteiger charge is -2.04. The molecule has 3 N–H and O–H groups in total. The zero-order chi connectivity index (χ0) is 11.2. The molecule has 0 aliphatic rings. The molecule has 0 saturated heterocycles. The van der Waals surface area contributed by atoms with Crippen LogP contribution in [0.2, 0.25) is 0 Å². The lowest BCUT2D eigenvalue weighted by atomic mass is 10.2. The number of hydrogen-bond donors (Lipinski definition) is 2. The Hall–Kier alpha value is -1.65. The summed E-state index contributed by atoms with van der Waals surface area (Å²) >= 11 is 0. The smallest absolute Gasteiger partial charge is 0.0947 e. The predicted molar refractivity (Wildman–Crippen MR) is 61.4 cm³/mol. The molecule has 0 amide bonds. The van der Waals surface area contributed by atoms with Gasteiger partial charge in [-0.1, -0.05) is 0 Å². The van der Waals surface area contributed by atoms with Gasteiger partial charge in [-0.05, 0) is 23.8 Å². The predicted octanol–water partition coefficient (Wildman–Crippen LogP) is 1.42. The van der Waals surface area contributed by atoms with Gasteiger partial charge in [0.25, 0.3) is 0 Å². The van der Waals surface area contributed by atoms with E-state index in [1.165, 1.54) is 5.56 Å². The highest BCUT2D eigenvalue weighted by molar-refractivity contribution is 5.16. The van der Waals surface area contributed by atoms with Crippen molar-refractivity contribution in [3.05, 3.63) is 53.7 Å². The zero-order valence-corrected chi connectivity index (χ0v) is 9.02. The topological polar surface area (TPSA) is 64.1 Å². The third-order valence-electron chi connectivity index (χ3n) is 2.33. The number of furan rings is 1. The van der Waals surface area contributed by atoms with E-state index >= 15 is 0 Å². The highest BCUT2D eigenvalue weighted by atomic mass is 16.3. The molecule has 84 valence electrons. The van der Waals surface area contributed by atoms with Crippen molar-refractivity contribution in [3.63, 3.8) is 0 Å². The highest BCUT2D eigenvalue weighted by Gasteiger charge is 1.97. The van der Waals surface area contributed by atoms with Gasteiger partial charge in [-0.15, -0.1) is 0 Å². The van der Waals surface area contributed by atoms with Crippen LogP contribution in [0.4, 0.5) is 0 Å². The summed E-state index contributed by atoms with van der Waals surface area (Å²) in [7, 11) is 0. The Morgan fingerprint density at radius 2 is 2.12 bits per heavy atom. The Morgan fingerprint density at radius 3 is 2.88 bits per heavy atom. The van der Waals surface area contributed by atoms with Gasteiger partial charge >= 0.3 is 0 Å². The van der Waals surface area contributed by atoms with Crippen molar-refractivity contribution in [1.82, 2.24) is 10.3 Å². The maximum Gasteiger partial charge on any atom is 0.0947 e. The first kappa shape index (κ1) is 10.9. The van der Waals surface area contributed by atoms with Crippen LogP contribution in [-0.2, 0) is 19.6 Å². The van der Waals surface area contributed by atoms with Gasteiger partial charge in [-0.25, -0.2) is 0 Å². The molecule has 0 aliphatic heterocycles. The number of nitrogens with zero attached hydrogens (tertiary/aromatic N) is 1. The highest BCUT2D eigenvalue weighted by Crippen LogP contribution is 2.03. The van der Waals surface area contributed by atoms with E-state index in [1.807, 2.05) is 18.2 Å². The van der Waals surface area contributed by atoms with Gasteiger partial charge in [0, 0.05) is 31.4 Å². The SMILES string of the molecule is NCc1cc(CNCc2ccoc2)ccn1. The van der Waals surface area contributed by atoms with Crippen LogP contribution < -0.4 is 11.1 Å². The fraction of sp³-hybridized carbons (Fsp3) is 0.250. The molecule has 2 aromatic rings. The summed E-state index contributed by atoms with van der Waals surface area (Å²) in [5.74, 6) is 0. The lowest BCUT2D eigenvalue weighted by molar-refractivity contribution is 0.560. The first-order chi connectivity index (χ1) is 7.88. The molecule has 0 radical (unpaired) electrons. The van der Waals surface area contributed by atoms with Gasteiger partial charge < -0.3 is 15.5 Å². The molecule has 0 unspecified atom stereocenters. The molecule has 0 saturated carbocycles. The minimum Gasteiger partial charge on any atom is -0.472 e. The first-order valence-electron chi connectivity index (χ1n) is 5.24. The quantitative estimate of drug-likeness (QED) is 0.795. The van der Waals surface area contributed by atoms with Crippen LogP contribution in [0.25, 0.3) is 0 Å². The van der Waals surface area contributed by atoms with Gasteiger partial charge in [0.15, 0.2) is 0 Å². The van der Waals surface area contributed by atoms with E-state index in [-0.39, 0.29) is 0 Å². The Labute approximate surface area is 94.5 Å². The molecule has 0 bridgehead atoms. The number of aromatic nitrogens is 1. The monoisotopic (exact) mass is 217 g/mol. The van der Waals surface area contributed by atoms with Crippen molar-refractivity contribution in [1.29, 1.82) is 0 Å². The third kappa shape index (κ3) is 2.92. The summed E-state index contributed by atoms with van der Waals surface area (Å²) in [6.45, 7) is 2.09. The fourth-order valence-corrected chi connectivity index (χ4v) is 1.49. The number of hydrogen-bond acceptors (Lipinski definition) is 4. The number of nitrogens with two attached hydrogens (primary N) is 1. The molecule has 0 aliphatic carbocycles. The normalized spacial score (nSPS) is 10.6. The van der Waals surface area contributed by atoms with Crippen molar-refractivity contribution in [3.8, 4) is 0 Å². The molecule has 4 nitrogen and oxygen atoms in total. The number of rotatable bonds is 5. The van der Waals surface area contributed by atoms with Crippen LogP contribution in [0.1, 0.15) is 16.8 Å². The zero-order valence-electron chi connectivity index (χ0n) is 9.02. The molecular formula is C12H15N3O. The van der Waals surface area contributed by atoms with E-state index in [9.17, 15) is 0 Å². The summed E-state index contributed by atoms with van der Waals surface area (Å²) in [5, 5.41) is 3.33. The molecule has 16 heavy (non-hydrogen) atoms. The number of pyridine rings is 1. The van der Waals surface area contributed by atoms with E-state index in [0.717, 1.165) is 24.3 Å². The Kier molecular flexibility index (Phi) is 3.69. The number of nitrogens with one attached hydrogen (secondary N) is 1. The van der Waals surface area contributed by atoms with Gasteiger partial charge in [0.1, 0.15) is 0 Å². The minimum absolute atomic E-state index is 0.482. The van der Waals surface area contributed by atoms with Crippen LogP contribution in [0.15, 0.2) is 41.3 Å². The van der Waals surface area contributed by atoms with Crippen LogP contribution in [0.3, 0.4) is 0 Å². The van der Waals surface area contributed by atoms with E-state index in [1.54, 1.807) is 18.7 Å². The molecule has 2 heterocycles. The van der Waals surface area contributed by atoms with Crippen molar-refractivity contribution in [2.24, 2.45) is 5.73 Å². The second-order valence-corrected chi connectivity index (χ2v) is 3.59. The molecule has 0 aromatic carbocycles. The van der Waals surface area contributed by atoms with Crippen LogP contribution in [-0.4, -0.2) is 4.98 Å². The summed E-state index contributed by atoms with van der Waals surface area (Å²) in [6.07, 6.45) is 5.21. The molecule has 2 aromatic heterocycles. The van der Waals surface area contributed by atoms with E-state index < -0.39 is 0 Å². The average Bonchev–Trinajstić information content (AvgIpc) is 2.82. The van der Waals surface area contributed by atoms with Gasteiger partial charge in [0.2, 0.25) is 0 Å². The molecule has 0 atom stereocenters. The second-order valence-electron chi connectivity index (χ2n) is 3.59. The molecule has 0 spiro atoms. The summed E-state index contributed by atoms with van der Waals surface area (Å²) in [6, 6.07) is 5.95. The van der Waals surface area contributed by atoms with E-state index in [0.29, 0.717) is 6.54 Å². The maximum atomic E-state index is 5.53. The fourth-order valence-electron chi connectivity index (χ4n) is 1.49. The third-order valence-corrected chi connectivity index (χ3v) is 2.33. The van der Waals surface area contributed by atoms with Crippen molar-refractivity contribution in [2.75, 3.05) is 0 Å². The second kappa shape index (κ2) is 5.44. The van der Waals surface area contributed by atoms with Crippen LogP contribution in [0.5, 0.6) is 0 Å². The summed E-state index contributed by atoms with van der Waals surface area (Å²) in [5.41, 5.74) is 8.79. The first-order valence-corrected chi connectivity index (χ1v) is 5.24.